The van der Waals surface area contributed by atoms with Crippen molar-refractivity contribution < 1.29 is 26.7 Å². The minimum absolute atomic E-state index is 0.122. The summed E-state index contributed by atoms with van der Waals surface area (Å²) in [7, 11) is -8.93. The number of fused-ring (bicyclic) bond motifs is 1. The molecule has 0 spiro atoms. The van der Waals surface area contributed by atoms with E-state index in [0.29, 0.717) is 16.2 Å². The molecule has 192 valence electrons. The third-order valence-electron chi connectivity index (χ3n) is 4.59. The van der Waals surface area contributed by atoms with Crippen molar-refractivity contribution in [2.24, 2.45) is 10.9 Å². The van der Waals surface area contributed by atoms with E-state index in [1.807, 2.05) is 0 Å². The number of rotatable bonds is 7. The summed E-state index contributed by atoms with van der Waals surface area (Å²) in [6.45, 7) is 0.972. The van der Waals surface area contributed by atoms with Gasteiger partial charge in [0, 0.05) is 24.6 Å². The lowest BCUT2D eigenvalue weighted by Crippen LogP contribution is -2.36. The number of para-hydroxylation sites is 1. The van der Waals surface area contributed by atoms with Crippen LogP contribution in [0.1, 0.15) is 6.92 Å². The number of carboxylic acid groups (broad SMARTS) is 1. The number of hydrogen-bond donors (Lipinski definition) is 5. The number of thiazole rings is 1. The molecular formula is C18H20N9O6S3-. The maximum Gasteiger partial charge on any atom is 0.241 e. The number of H-pyrrole nitrogens is 1. The Hall–Kier alpha value is -3.55. The fraction of sp³-hybridized carbons (Fsp3) is 0.167. The van der Waals surface area contributed by atoms with Gasteiger partial charge >= 0.3 is 0 Å². The quantitative estimate of drug-likeness (QED) is 0.161. The molecule has 2 heterocycles. The Morgan fingerprint density at radius 2 is 1.89 bits per heavy atom. The number of anilines is 1. The molecule has 4 aromatic rings. The summed E-state index contributed by atoms with van der Waals surface area (Å²) in [5.74, 6) is -0.168. The number of nitrogens with two attached hydrogens (primary N) is 3. The van der Waals surface area contributed by atoms with Gasteiger partial charge in [-0.05, 0) is 29.8 Å². The van der Waals surface area contributed by atoms with Crippen molar-refractivity contribution >= 4 is 53.2 Å². The van der Waals surface area contributed by atoms with E-state index in [1.165, 1.54) is 17.4 Å². The van der Waals surface area contributed by atoms with Gasteiger partial charge in [0.05, 0.1) is 15.8 Å². The first-order valence-electron chi connectivity index (χ1n) is 9.80. The zero-order chi connectivity index (χ0) is 26.7. The molecule has 0 aliphatic carbocycles. The molecule has 1 atom stereocenters. The molecular weight excluding hydrogens is 534 g/mol. The number of nitrogen functional groups attached to an aromatic ring is 1. The van der Waals surface area contributed by atoms with Gasteiger partial charge in [-0.15, -0.1) is 10.2 Å². The molecule has 2 aromatic heterocycles. The largest absolute Gasteiger partial charge is 0.554 e. The maximum absolute atomic E-state index is 13.0. The van der Waals surface area contributed by atoms with Gasteiger partial charge in [-0.1, -0.05) is 29.5 Å². The number of aromatic nitrogens is 5. The average molecular weight is 555 g/mol. The van der Waals surface area contributed by atoms with E-state index in [0.717, 1.165) is 10.8 Å². The van der Waals surface area contributed by atoms with Crippen LogP contribution in [0, 0.1) is 0 Å². The molecule has 2 aromatic carbocycles. The Morgan fingerprint density at radius 3 is 2.47 bits per heavy atom. The summed E-state index contributed by atoms with van der Waals surface area (Å²) in [4.78, 5) is 11.3. The first-order chi connectivity index (χ1) is 16.9. The van der Waals surface area contributed by atoms with Crippen LogP contribution in [0.5, 0.6) is 0 Å². The molecule has 0 unspecified atom stereocenters. The molecule has 0 aliphatic heterocycles. The van der Waals surface area contributed by atoms with Gasteiger partial charge in [0.15, 0.2) is 5.13 Å². The van der Waals surface area contributed by atoms with E-state index in [1.54, 1.807) is 25.1 Å². The molecule has 0 amide bonds. The van der Waals surface area contributed by atoms with Gasteiger partial charge in [0.25, 0.3) is 0 Å². The van der Waals surface area contributed by atoms with E-state index < -0.39 is 42.4 Å². The van der Waals surface area contributed by atoms with Crippen LogP contribution in [0.25, 0.3) is 32.7 Å². The molecule has 0 saturated carbocycles. The zero-order valence-electron chi connectivity index (χ0n) is 18.4. The number of hydrogen-bond acceptors (Lipinski definition) is 13. The fourth-order valence-electron chi connectivity index (χ4n) is 3.27. The smallest absolute Gasteiger partial charge is 0.241 e. The van der Waals surface area contributed by atoms with E-state index in [-0.39, 0.29) is 23.5 Å². The summed E-state index contributed by atoms with van der Waals surface area (Å²) < 4.78 is 54.6. The van der Waals surface area contributed by atoms with Crippen LogP contribution in [0.4, 0.5) is 5.13 Å². The lowest BCUT2D eigenvalue weighted by Gasteiger charge is -2.17. The van der Waals surface area contributed by atoms with Crippen LogP contribution in [-0.4, -0.2) is 61.5 Å². The van der Waals surface area contributed by atoms with Gasteiger partial charge in [-0.2, -0.15) is 5.21 Å². The number of sulfonamides is 2. The first kappa shape index (κ1) is 27.0. The highest BCUT2D eigenvalue weighted by atomic mass is 32.2. The second-order valence-electron chi connectivity index (χ2n) is 7.23. The molecule has 18 heteroatoms. The van der Waals surface area contributed by atoms with E-state index in [4.69, 9.17) is 26.5 Å². The number of tetrazole rings is 1. The van der Waals surface area contributed by atoms with Crippen molar-refractivity contribution in [1.29, 1.82) is 0 Å². The summed E-state index contributed by atoms with van der Waals surface area (Å²) in [5, 5.41) is 27.6. The molecule has 0 saturated heterocycles. The number of nitrogens with one attached hydrogen (secondary N) is 2. The van der Waals surface area contributed by atoms with Crippen molar-refractivity contribution in [3.63, 3.8) is 0 Å². The van der Waals surface area contributed by atoms with Gasteiger partial charge in [0.1, 0.15) is 9.79 Å². The number of aromatic amines is 1. The summed E-state index contributed by atoms with van der Waals surface area (Å²) in [6, 6.07) is 7.30. The zero-order valence-corrected chi connectivity index (χ0v) is 20.9. The highest BCUT2D eigenvalue weighted by Crippen LogP contribution is 2.41. The molecule has 0 fully saturated rings. The highest BCUT2D eigenvalue weighted by Gasteiger charge is 2.32. The number of primary sulfonamides is 1. The van der Waals surface area contributed by atoms with Crippen molar-refractivity contribution in [1.82, 2.24) is 30.3 Å². The van der Waals surface area contributed by atoms with E-state index in [9.17, 15) is 16.8 Å². The van der Waals surface area contributed by atoms with Gasteiger partial charge in [-0.25, -0.2) is 31.7 Å². The summed E-state index contributed by atoms with van der Waals surface area (Å²) in [6.07, 6.45) is 0. The van der Waals surface area contributed by atoms with Crippen molar-refractivity contribution in [3.05, 3.63) is 30.3 Å². The van der Waals surface area contributed by atoms with E-state index in [2.05, 4.69) is 30.3 Å². The molecule has 0 bridgehead atoms. The topological polar surface area (TPSA) is 266 Å². The van der Waals surface area contributed by atoms with Crippen molar-refractivity contribution in [3.8, 4) is 22.5 Å². The second kappa shape index (κ2) is 10.6. The van der Waals surface area contributed by atoms with Crippen LogP contribution in [0.3, 0.4) is 0 Å². The Morgan fingerprint density at radius 1 is 1.19 bits per heavy atom. The van der Waals surface area contributed by atoms with Gasteiger partial charge < -0.3 is 21.4 Å². The third kappa shape index (κ3) is 5.64. The number of carbonyl (C=O) groups is 1. The molecule has 0 aliphatic rings. The Labute approximate surface area is 208 Å². The summed E-state index contributed by atoms with van der Waals surface area (Å²) >= 11 is 1.25. The normalized spacial score (nSPS) is 12.6. The van der Waals surface area contributed by atoms with Crippen LogP contribution in [0.2, 0.25) is 0 Å². The monoisotopic (exact) mass is 554 g/mol. The number of nitrogens with zero attached hydrogens (tertiary/aromatic N) is 4. The minimum atomic E-state index is -4.61. The standard InChI is InChI=1S/C17H19N9O4S3.CH2O2/c1-8(18)7-21-33(29,30)12-6-5-9(10-3-2-4-11-14(10)22-17(19)31-11)13(15(12)32(20,27)28)16-23-25-26-24-16;2-1-3/h2-6,8,21H,7,18H2,1H3,(H2,19,22)(H2,20,27,28)(H,23,24,25,26);1H,(H,2,3)/p-1/t8-;/m0./s1. The Kier molecular flexibility index (Phi) is 7.96. The molecule has 36 heavy (non-hydrogen) atoms. The molecule has 4 rings (SSSR count). The maximum atomic E-state index is 13.0. The van der Waals surface area contributed by atoms with Crippen LogP contribution in [0.15, 0.2) is 40.1 Å². The lowest BCUT2D eigenvalue weighted by atomic mass is 9.98. The lowest BCUT2D eigenvalue weighted by molar-refractivity contribution is -0.283. The number of benzene rings is 2. The third-order valence-corrected chi connectivity index (χ3v) is 8.02. The van der Waals surface area contributed by atoms with Crippen LogP contribution < -0.4 is 26.4 Å². The molecule has 8 N–H and O–H groups in total. The van der Waals surface area contributed by atoms with Crippen molar-refractivity contribution in [2.45, 2.75) is 22.8 Å². The first-order valence-corrected chi connectivity index (χ1v) is 13.6. The van der Waals surface area contributed by atoms with Crippen LogP contribution in [-0.2, 0) is 24.8 Å². The fourth-order valence-corrected chi connectivity index (χ4v) is 6.78. The SMILES string of the molecule is C[C@H](N)CNS(=O)(=O)c1ccc(-c2cccc3sc(N)nc23)c(-c2nn[nH]n2)c1S(N)(=O)=O.O=C[O-]. The number of carbonyl (C=O) groups excluding carboxylic acids is 1. The van der Waals surface area contributed by atoms with E-state index >= 15 is 0 Å². The molecule has 0 radical (unpaired) electrons. The van der Waals surface area contributed by atoms with Crippen molar-refractivity contribution in [2.75, 3.05) is 12.3 Å². The van der Waals surface area contributed by atoms with Gasteiger partial charge in [0.2, 0.25) is 25.9 Å². The average Bonchev–Trinajstić information content (AvgIpc) is 3.45. The van der Waals surface area contributed by atoms with Crippen LogP contribution >= 0.6 is 11.3 Å². The Bertz CT molecular complexity index is 1600. The molecule has 15 nitrogen and oxygen atoms in total. The minimum Gasteiger partial charge on any atom is -0.554 e. The van der Waals surface area contributed by atoms with Gasteiger partial charge in [-0.3, -0.25) is 0 Å². The predicted octanol–water partition coefficient (Wildman–Crippen LogP) is -1.64. The highest BCUT2D eigenvalue weighted by molar-refractivity contribution is 7.92. The summed E-state index contributed by atoms with van der Waals surface area (Å²) in [5.41, 5.74) is 12.6. The predicted molar refractivity (Wildman–Crippen MR) is 129 cm³/mol. The second-order valence-corrected chi connectivity index (χ2v) is 11.5. The Balaban J connectivity index is 0.00000115.